The quantitative estimate of drug-likeness (QED) is 0.483. The molecule has 0 aromatic carbocycles. The number of rotatable bonds is 3. The lowest BCUT2D eigenvalue weighted by atomic mass is 10.0. The van der Waals surface area contributed by atoms with Crippen molar-refractivity contribution in [2.45, 2.75) is 26.3 Å². The molecule has 2 aromatic heterocycles. The van der Waals surface area contributed by atoms with Crippen LogP contribution in [0.15, 0.2) is 11.3 Å². The topological polar surface area (TPSA) is 79.5 Å². The summed E-state index contributed by atoms with van der Waals surface area (Å²) in [5, 5.41) is 9.03. The number of hydrogen-bond donors (Lipinski definition) is 0. The van der Waals surface area contributed by atoms with E-state index in [0.29, 0.717) is 13.1 Å². The average Bonchev–Trinajstić information content (AvgIpc) is 2.91. The molecule has 1 aliphatic rings. The Labute approximate surface area is 108 Å². The Bertz CT molecular complexity index is 634. The highest BCUT2D eigenvalue weighted by Crippen LogP contribution is 2.35. The average molecular weight is 260 g/mol. The van der Waals surface area contributed by atoms with Gasteiger partial charge in [-0.3, -0.25) is 4.68 Å². The fourth-order valence-corrected chi connectivity index (χ4v) is 3.24. The molecule has 0 aliphatic heterocycles. The van der Waals surface area contributed by atoms with Crippen LogP contribution in [-0.4, -0.2) is 21.3 Å². The van der Waals surface area contributed by atoms with Gasteiger partial charge in [-0.25, -0.2) is 4.98 Å². The van der Waals surface area contributed by atoms with Crippen LogP contribution >= 0.6 is 11.3 Å². The van der Waals surface area contributed by atoms with E-state index in [9.17, 15) is 0 Å². The van der Waals surface area contributed by atoms with Crippen molar-refractivity contribution in [3.05, 3.63) is 32.1 Å². The zero-order chi connectivity index (χ0) is 12.5. The summed E-state index contributed by atoms with van der Waals surface area (Å²) in [6, 6.07) is 0. The molecule has 7 heteroatoms. The Morgan fingerprint density at radius 1 is 1.56 bits per heavy atom. The van der Waals surface area contributed by atoms with Crippen LogP contribution in [0.3, 0.4) is 0 Å². The lowest BCUT2D eigenvalue weighted by molar-refractivity contribution is 0.627. The van der Waals surface area contributed by atoms with Crippen LogP contribution in [0, 0.1) is 6.92 Å². The summed E-state index contributed by atoms with van der Waals surface area (Å²) >= 11 is 1.76. The molecule has 2 heterocycles. The van der Waals surface area contributed by atoms with Gasteiger partial charge in [0.05, 0.1) is 16.9 Å². The first kappa shape index (κ1) is 11.3. The minimum Gasteiger partial charge on any atom is -0.263 e. The SMILES string of the molecule is Cc1nc2c(s1)CCc1cnn(CCN=[N+]=[N-])c1-2. The fraction of sp³-hybridized carbons (Fsp3) is 0.455. The Morgan fingerprint density at radius 2 is 2.44 bits per heavy atom. The maximum absolute atomic E-state index is 8.31. The summed E-state index contributed by atoms with van der Waals surface area (Å²) in [6.07, 6.45) is 3.98. The third-order valence-corrected chi connectivity index (χ3v) is 4.07. The first-order chi connectivity index (χ1) is 8.79. The molecule has 0 amide bonds. The predicted molar refractivity (Wildman–Crippen MR) is 69.5 cm³/mol. The Kier molecular flexibility index (Phi) is 2.77. The fourth-order valence-electron chi connectivity index (χ4n) is 2.31. The van der Waals surface area contributed by atoms with Gasteiger partial charge in [0, 0.05) is 28.4 Å². The van der Waals surface area contributed by atoms with E-state index < -0.39 is 0 Å². The van der Waals surface area contributed by atoms with Gasteiger partial charge in [0.15, 0.2) is 0 Å². The molecule has 18 heavy (non-hydrogen) atoms. The Balaban J connectivity index is 2.01. The largest absolute Gasteiger partial charge is 0.263 e. The van der Waals surface area contributed by atoms with Gasteiger partial charge in [-0.05, 0) is 25.3 Å². The van der Waals surface area contributed by atoms with Crippen LogP contribution in [0.25, 0.3) is 21.8 Å². The number of nitrogens with zero attached hydrogens (tertiary/aromatic N) is 6. The first-order valence-corrected chi connectivity index (χ1v) is 6.63. The summed E-state index contributed by atoms with van der Waals surface area (Å²) < 4.78 is 1.90. The maximum Gasteiger partial charge on any atom is 0.103 e. The zero-order valence-corrected chi connectivity index (χ0v) is 10.8. The van der Waals surface area contributed by atoms with Gasteiger partial charge in [-0.2, -0.15) is 5.10 Å². The summed E-state index contributed by atoms with van der Waals surface area (Å²) in [4.78, 5) is 8.71. The second-order valence-corrected chi connectivity index (χ2v) is 5.49. The summed E-state index contributed by atoms with van der Waals surface area (Å²) in [5.41, 5.74) is 11.7. The smallest absolute Gasteiger partial charge is 0.103 e. The van der Waals surface area contributed by atoms with E-state index in [1.54, 1.807) is 11.3 Å². The third-order valence-electron chi connectivity index (χ3n) is 3.04. The molecule has 0 saturated carbocycles. The molecular weight excluding hydrogens is 248 g/mol. The summed E-state index contributed by atoms with van der Waals surface area (Å²) in [5.74, 6) is 0. The van der Waals surface area contributed by atoms with Crippen molar-refractivity contribution >= 4 is 11.3 Å². The maximum atomic E-state index is 8.31. The standard InChI is InChI=1S/C11H12N6S/c1-7-15-10-9(18-7)3-2-8-6-14-17(11(8)10)5-4-13-16-12/h6H,2-5H2,1H3. The lowest BCUT2D eigenvalue weighted by Gasteiger charge is -2.12. The van der Waals surface area contributed by atoms with E-state index in [4.69, 9.17) is 5.53 Å². The number of fused-ring (bicyclic) bond motifs is 3. The molecule has 1 aliphatic carbocycles. The summed E-state index contributed by atoms with van der Waals surface area (Å²) in [7, 11) is 0. The molecule has 0 atom stereocenters. The van der Waals surface area contributed by atoms with E-state index in [2.05, 4.69) is 20.1 Å². The third kappa shape index (κ3) is 1.77. The van der Waals surface area contributed by atoms with Crippen molar-refractivity contribution in [2.24, 2.45) is 5.11 Å². The van der Waals surface area contributed by atoms with Crippen molar-refractivity contribution in [3.8, 4) is 11.4 Å². The monoisotopic (exact) mass is 260 g/mol. The van der Waals surface area contributed by atoms with Gasteiger partial charge in [0.1, 0.15) is 5.69 Å². The molecule has 6 nitrogen and oxygen atoms in total. The Morgan fingerprint density at radius 3 is 3.28 bits per heavy atom. The minimum atomic E-state index is 0.420. The van der Waals surface area contributed by atoms with Gasteiger partial charge < -0.3 is 0 Å². The molecule has 0 saturated heterocycles. The van der Waals surface area contributed by atoms with Gasteiger partial charge in [0.25, 0.3) is 0 Å². The number of aromatic nitrogens is 3. The molecule has 92 valence electrons. The molecule has 3 rings (SSSR count). The van der Waals surface area contributed by atoms with Crippen LogP contribution in [-0.2, 0) is 19.4 Å². The highest BCUT2D eigenvalue weighted by atomic mass is 32.1. The van der Waals surface area contributed by atoms with Crippen molar-refractivity contribution in [1.29, 1.82) is 0 Å². The molecule has 0 fully saturated rings. The van der Waals surface area contributed by atoms with Gasteiger partial charge in [0.2, 0.25) is 0 Å². The highest BCUT2D eigenvalue weighted by Gasteiger charge is 2.24. The van der Waals surface area contributed by atoms with Crippen molar-refractivity contribution in [2.75, 3.05) is 6.54 Å². The number of thiazole rings is 1. The lowest BCUT2D eigenvalue weighted by Crippen LogP contribution is -2.09. The summed E-state index contributed by atoms with van der Waals surface area (Å²) in [6.45, 7) is 3.06. The van der Waals surface area contributed by atoms with E-state index in [-0.39, 0.29) is 0 Å². The molecule has 0 bridgehead atoms. The molecule has 0 spiro atoms. The van der Waals surface area contributed by atoms with Gasteiger partial charge in [-0.15, -0.1) is 11.3 Å². The first-order valence-electron chi connectivity index (χ1n) is 5.82. The van der Waals surface area contributed by atoms with Crippen molar-refractivity contribution in [1.82, 2.24) is 14.8 Å². The molecule has 0 N–H and O–H groups in total. The highest BCUT2D eigenvalue weighted by molar-refractivity contribution is 7.12. The van der Waals surface area contributed by atoms with E-state index in [1.165, 1.54) is 10.4 Å². The van der Waals surface area contributed by atoms with Gasteiger partial charge >= 0.3 is 0 Å². The van der Waals surface area contributed by atoms with E-state index in [0.717, 1.165) is 29.2 Å². The van der Waals surface area contributed by atoms with Crippen LogP contribution in [0.2, 0.25) is 0 Å². The predicted octanol–water partition coefficient (Wildman–Crippen LogP) is 2.72. The van der Waals surface area contributed by atoms with Crippen LogP contribution in [0.4, 0.5) is 0 Å². The van der Waals surface area contributed by atoms with Crippen LogP contribution in [0.1, 0.15) is 15.4 Å². The molecular formula is C11H12N6S. The van der Waals surface area contributed by atoms with Crippen molar-refractivity contribution in [3.63, 3.8) is 0 Å². The normalized spacial score (nSPS) is 12.7. The van der Waals surface area contributed by atoms with Crippen molar-refractivity contribution < 1.29 is 0 Å². The van der Waals surface area contributed by atoms with E-state index >= 15 is 0 Å². The molecule has 0 radical (unpaired) electrons. The van der Waals surface area contributed by atoms with Gasteiger partial charge in [-0.1, -0.05) is 5.11 Å². The molecule has 0 unspecified atom stereocenters. The number of hydrogen-bond acceptors (Lipinski definition) is 4. The van der Waals surface area contributed by atoms with Crippen LogP contribution in [0.5, 0.6) is 0 Å². The zero-order valence-electron chi connectivity index (χ0n) is 10.00. The minimum absolute atomic E-state index is 0.420. The van der Waals surface area contributed by atoms with Crippen LogP contribution < -0.4 is 0 Å². The Hall–Kier alpha value is -1.85. The molecule has 2 aromatic rings. The number of aryl methyl sites for hydroxylation is 3. The second kappa shape index (κ2) is 4.44. The second-order valence-electron chi connectivity index (χ2n) is 4.20. The van der Waals surface area contributed by atoms with E-state index in [1.807, 2.05) is 17.8 Å². The number of azide groups is 1.